The summed E-state index contributed by atoms with van der Waals surface area (Å²) in [5, 5.41) is 10.9. The number of aryl methyl sites for hydroxylation is 1. The maximum atomic E-state index is 11.1. The zero-order valence-corrected chi connectivity index (χ0v) is 9.69. The van der Waals surface area contributed by atoms with Crippen LogP contribution >= 0.6 is 11.3 Å². The van der Waals surface area contributed by atoms with Gasteiger partial charge in [0, 0.05) is 11.8 Å². The maximum Gasteiger partial charge on any atom is 0.346 e. The number of nitrogens with zero attached hydrogens (tertiary/aromatic N) is 2. The van der Waals surface area contributed by atoms with E-state index in [9.17, 15) is 4.79 Å². The quantitative estimate of drug-likeness (QED) is 0.757. The fourth-order valence-electron chi connectivity index (χ4n) is 1.88. The van der Waals surface area contributed by atoms with Gasteiger partial charge < -0.3 is 9.52 Å². The summed E-state index contributed by atoms with van der Waals surface area (Å²) in [4.78, 5) is 15.7. The van der Waals surface area contributed by atoms with E-state index in [2.05, 4.69) is 4.98 Å². The van der Waals surface area contributed by atoms with Crippen LogP contribution < -0.4 is 0 Å². The standard InChI is InChI=1S/C11H8N2O3S/c1-6-8(13-3-4-16-11(13)12-6)7-2-5-17-9(7)10(14)15/h2-5H,1H3,(H,14,15). The number of aromatic nitrogens is 2. The van der Waals surface area contributed by atoms with Crippen molar-refractivity contribution in [2.24, 2.45) is 0 Å². The normalized spacial score (nSPS) is 11.1. The summed E-state index contributed by atoms with van der Waals surface area (Å²) in [5.41, 5.74) is 2.20. The summed E-state index contributed by atoms with van der Waals surface area (Å²) in [5.74, 6) is -0.451. The molecule has 17 heavy (non-hydrogen) atoms. The molecule has 6 heteroatoms. The molecule has 5 nitrogen and oxygen atoms in total. The number of rotatable bonds is 2. The van der Waals surface area contributed by atoms with E-state index >= 15 is 0 Å². The van der Waals surface area contributed by atoms with Crippen LogP contribution in [0, 0.1) is 6.92 Å². The van der Waals surface area contributed by atoms with Gasteiger partial charge in [-0.05, 0) is 18.4 Å². The van der Waals surface area contributed by atoms with Gasteiger partial charge in [0.2, 0.25) is 0 Å². The number of oxazole rings is 1. The van der Waals surface area contributed by atoms with Gasteiger partial charge in [0.15, 0.2) is 0 Å². The average Bonchev–Trinajstić information content (AvgIpc) is 2.91. The Morgan fingerprint density at radius 1 is 1.59 bits per heavy atom. The predicted octanol–water partition coefficient (Wildman–Crippen LogP) is 2.66. The summed E-state index contributed by atoms with van der Waals surface area (Å²) < 4.78 is 6.94. The Morgan fingerprint density at radius 3 is 3.18 bits per heavy atom. The van der Waals surface area contributed by atoms with E-state index in [1.807, 2.05) is 6.92 Å². The maximum absolute atomic E-state index is 11.1. The number of carboxylic acid groups (broad SMARTS) is 1. The lowest BCUT2D eigenvalue weighted by atomic mass is 10.1. The highest BCUT2D eigenvalue weighted by molar-refractivity contribution is 7.12. The Hall–Kier alpha value is -2.08. The molecule has 0 spiro atoms. The minimum Gasteiger partial charge on any atom is -0.477 e. The van der Waals surface area contributed by atoms with Gasteiger partial charge in [-0.3, -0.25) is 4.40 Å². The van der Waals surface area contributed by atoms with Crippen LogP contribution in [-0.2, 0) is 0 Å². The molecule has 86 valence electrons. The van der Waals surface area contributed by atoms with E-state index in [1.165, 1.54) is 17.6 Å². The first kappa shape index (κ1) is 10.1. The fourth-order valence-corrected chi connectivity index (χ4v) is 2.61. The molecule has 0 aliphatic heterocycles. The lowest BCUT2D eigenvalue weighted by molar-refractivity contribution is 0.0703. The van der Waals surface area contributed by atoms with Gasteiger partial charge in [-0.2, -0.15) is 4.98 Å². The summed E-state index contributed by atoms with van der Waals surface area (Å²) in [6, 6.07) is 1.79. The summed E-state index contributed by atoms with van der Waals surface area (Å²) in [7, 11) is 0. The predicted molar refractivity (Wildman–Crippen MR) is 62.5 cm³/mol. The second kappa shape index (κ2) is 3.46. The second-order valence-corrected chi connectivity index (χ2v) is 4.49. The van der Waals surface area contributed by atoms with Crippen molar-refractivity contribution in [1.29, 1.82) is 0 Å². The summed E-state index contributed by atoms with van der Waals surface area (Å²) >= 11 is 1.20. The van der Waals surface area contributed by atoms with E-state index in [0.29, 0.717) is 16.3 Å². The first-order chi connectivity index (χ1) is 8.18. The number of imidazole rings is 1. The highest BCUT2D eigenvalue weighted by atomic mass is 32.1. The number of hydrogen-bond acceptors (Lipinski definition) is 4. The van der Waals surface area contributed by atoms with Gasteiger partial charge >= 0.3 is 11.8 Å². The molecule has 0 radical (unpaired) electrons. The number of carbonyl (C=O) groups is 1. The molecule has 0 aliphatic rings. The Bertz CT molecular complexity index is 707. The van der Waals surface area contributed by atoms with Gasteiger partial charge in [0.05, 0.1) is 11.4 Å². The molecule has 0 amide bonds. The number of thiophene rings is 1. The van der Waals surface area contributed by atoms with Crippen molar-refractivity contribution in [3.05, 3.63) is 34.5 Å². The number of hydrogen-bond donors (Lipinski definition) is 1. The van der Waals surface area contributed by atoms with Gasteiger partial charge in [-0.25, -0.2) is 4.79 Å². The Labute approximate surface area is 99.9 Å². The third-order valence-corrected chi connectivity index (χ3v) is 3.45. The van der Waals surface area contributed by atoms with Crippen LogP contribution in [0.4, 0.5) is 0 Å². The second-order valence-electron chi connectivity index (χ2n) is 3.57. The Balaban J connectivity index is 2.33. The van der Waals surface area contributed by atoms with Gasteiger partial charge in [0.1, 0.15) is 11.1 Å². The number of fused-ring (bicyclic) bond motifs is 1. The van der Waals surface area contributed by atoms with E-state index in [1.54, 1.807) is 22.0 Å². The highest BCUT2D eigenvalue weighted by Crippen LogP contribution is 2.31. The lowest BCUT2D eigenvalue weighted by Crippen LogP contribution is -1.96. The molecule has 3 aromatic rings. The van der Waals surface area contributed by atoms with Crippen LogP contribution in [0.3, 0.4) is 0 Å². The van der Waals surface area contributed by atoms with Gasteiger partial charge in [-0.1, -0.05) is 0 Å². The monoisotopic (exact) mass is 248 g/mol. The van der Waals surface area contributed by atoms with Crippen LogP contribution in [0.5, 0.6) is 0 Å². The molecular formula is C11H8N2O3S. The van der Waals surface area contributed by atoms with Crippen molar-refractivity contribution in [2.45, 2.75) is 6.92 Å². The van der Waals surface area contributed by atoms with E-state index in [0.717, 1.165) is 11.4 Å². The van der Waals surface area contributed by atoms with Crippen molar-refractivity contribution in [1.82, 2.24) is 9.38 Å². The zero-order chi connectivity index (χ0) is 12.0. The minimum absolute atomic E-state index is 0.316. The van der Waals surface area contributed by atoms with Gasteiger partial charge in [0.25, 0.3) is 0 Å². The highest BCUT2D eigenvalue weighted by Gasteiger charge is 2.20. The zero-order valence-electron chi connectivity index (χ0n) is 8.88. The van der Waals surface area contributed by atoms with Crippen LogP contribution in [0.1, 0.15) is 15.4 Å². The number of aromatic carboxylic acids is 1. The third-order valence-electron chi connectivity index (χ3n) is 2.55. The molecule has 0 atom stereocenters. The van der Waals surface area contributed by atoms with Crippen LogP contribution in [0.15, 0.2) is 28.3 Å². The van der Waals surface area contributed by atoms with Crippen LogP contribution in [-0.4, -0.2) is 20.5 Å². The molecule has 3 aromatic heterocycles. The molecule has 0 bridgehead atoms. The minimum atomic E-state index is -0.923. The first-order valence-corrected chi connectivity index (χ1v) is 5.80. The third kappa shape index (κ3) is 1.38. The molecule has 0 fully saturated rings. The van der Waals surface area contributed by atoms with E-state index < -0.39 is 5.97 Å². The average molecular weight is 248 g/mol. The smallest absolute Gasteiger partial charge is 0.346 e. The van der Waals surface area contributed by atoms with Crippen molar-refractivity contribution in [3.63, 3.8) is 0 Å². The lowest BCUT2D eigenvalue weighted by Gasteiger charge is -1.99. The molecule has 1 N–H and O–H groups in total. The first-order valence-electron chi connectivity index (χ1n) is 4.92. The van der Waals surface area contributed by atoms with Crippen molar-refractivity contribution in [3.8, 4) is 11.3 Å². The molecule has 0 unspecified atom stereocenters. The molecule has 0 aliphatic carbocycles. The fraction of sp³-hybridized carbons (Fsp3) is 0.0909. The largest absolute Gasteiger partial charge is 0.477 e. The SMILES string of the molecule is Cc1nc2occn2c1-c1ccsc1C(=O)O. The molecule has 0 saturated carbocycles. The summed E-state index contributed by atoms with van der Waals surface area (Å²) in [6.07, 6.45) is 3.26. The van der Waals surface area contributed by atoms with Crippen LogP contribution in [0.25, 0.3) is 17.1 Å². The Kier molecular flexibility index (Phi) is 2.05. The number of carboxylic acids is 1. The van der Waals surface area contributed by atoms with E-state index in [4.69, 9.17) is 9.52 Å². The van der Waals surface area contributed by atoms with Crippen molar-refractivity contribution >= 4 is 23.2 Å². The van der Waals surface area contributed by atoms with Crippen molar-refractivity contribution < 1.29 is 14.3 Å². The molecule has 3 heterocycles. The van der Waals surface area contributed by atoms with Crippen LogP contribution in [0.2, 0.25) is 0 Å². The van der Waals surface area contributed by atoms with Crippen molar-refractivity contribution in [2.75, 3.05) is 0 Å². The molecule has 0 aromatic carbocycles. The summed E-state index contributed by atoms with van der Waals surface area (Å²) in [6.45, 7) is 1.83. The molecule has 3 rings (SSSR count). The molecular weight excluding hydrogens is 240 g/mol. The Morgan fingerprint density at radius 2 is 2.41 bits per heavy atom. The van der Waals surface area contributed by atoms with E-state index in [-0.39, 0.29) is 0 Å². The van der Waals surface area contributed by atoms with Gasteiger partial charge in [-0.15, -0.1) is 11.3 Å². The topological polar surface area (TPSA) is 67.7 Å². The molecule has 0 saturated heterocycles.